The third kappa shape index (κ3) is 4.01. The molecule has 26 heavy (non-hydrogen) atoms. The number of carbonyl (C=O) groups excluding carboxylic acids is 1. The molecule has 0 bridgehead atoms. The molecule has 3 rings (SSSR count). The van der Waals surface area contributed by atoms with Gasteiger partial charge in [0, 0.05) is 11.8 Å². The fraction of sp³-hybridized carbons (Fsp3) is 0.105. The molecule has 0 atom stereocenters. The van der Waals surface area contributed by atoms with Crippen molar-refractivity contribution in [1.29, 1.82) is 0 Å². The van der Waals surface area contributed by atoms with Gasteiger partial charge in [0.1, 0.15) is 0 Å². The van der Waals surface area contributed by atoms with E-state index in [-0.39, 0.29) is 11.3 Å². The highest BCUT2D eigenvalue weighted by Gasteiger charge is 2.15. The van der Waals surface area contributed by atoms with E-state index >= 15 is 0 Å². The van der Waals surface area contributed by atoms with Gasteiger partial charge in [-0.15, -0.1) is 0 Å². The Kier molecular flexibility index (Phi) is 5.20. The van der Waals surface area contributed by atoms with Crippen LogP contribution in [0.25, 0.3) is 10.8 Å². The molecule has 0 unspecified atom stereocenters. The summed E-state index contributed by atoms with van der Waals surface area (Å²) in [6, 6.07) is 19.1. The number of carbonyl (C=O) groups is 1. The Balaban J connectivity index is 1.89. The lowest BCUT2D eigenvalue weighted by Gasteiger charge is -2.12. The molecule has 134 valence electrons. The minimum Gasteiger partial charge on any atom is -0.289 e. The van der Waals surface area contributed by atoms with Crippen molar-refractivity contribution in [2.24, 2.45) is 0 Å². The molecule has 3 aromatic carbocycles. The lowest BCUT2D eigenvalue weighted by Crippen LogP contribution is -2.18. The molecule has 0 heterocycles. The second-order valence-electron chi connectivity index (χ2n) is 5.81. The van der Waals surface area contributed by atoms with Crippen molar-refractivity contribution in [2.45, 2.75) is 17.7 Å². The number of aryl methyl sites for hydroxylation is 1. The maximum absolute atomic E-state index is 12.5. The Morgan fingerprint density at radius 1 is 0.962 bits per heavy atom. The van der Waals surface area contributed by atoms with E-state index in [0.717, 1.165) is 16.3 Å². The van der Waals surface area contributed by atoms with Gasteiger partial charge in [-0.25, -0.2) is 13.9 Å². The summed E-state index contributed by atoms with van der Waals surface area (Å²) in [5.74, 6) is -0.450. The van der Waals surface area contributed by atoms with Crippen molar-refractivity contribution in [3.8, 4) is 0 Å². The predicted molar refractivity (Wildman–Crippen MR) is 99.4 cm³/mol. The van der Waals surface area contributed by atoms with Crippen molar-refractivity contribution in [2.75, 3.05) is 4.72 Å². The summed E-state index contributed by atoms with van der Waals surface area (Å²) in [6.07, 6.45) is 0.643. The van der Waals surface area contributed by atoms with Gasteiger partial charge >= 0.3 is 0 Å². The minimum absolute atomic E-state index is 0.169. The van der Waals surface area contributed by atoms with E-state index in [9.17, 15) is 13.2 Å². The molecule has 0 saturated heterocycles. The van der Waals surface area contributed by atoms with Gasteiger partial charge in [0.05, 0.1) is 10.6 Å². The molecular weight excluding hydrogens is 352 g/mol. The molecule has 0 aromatic heterocycles. The van der Waals surface area contributed by atoms with Gasteiger partial charge in [-0.3, -0.25) is 14.7 Å². The Labute approximate surface area is 151 Å². The number of fused-ring (bicyclic) bond motifs is 1. The van der Waals surface area contributed by atoms with Crippen LogP contribution in [-0.2, 0) is 21.2 Å². The van der Waals surface area contributed by atoms with Crippen LogP contribution in [-0.4, -0.2) is 19.5 Å². The smallest absolute Gasteiger partial charge is 0.261 e. The van der Waals surface area contributed by atoms with Gasteiger partial charge in [-0.05, 0) is 35.6 Å². The zero-order valence-corrected chi connectivity index (χ0v) is 14.7. The third-order valence-electron chi connectivity index (χ3n) is 4.01. The van der Waals surface area contributed by atoms with Crippen LogP contribution in [0.15, 0.2) is 71.6 Å². The first-order chi connectivity index (χ1) is 12.5. The number of benzene rings is 3. The molecule has 0 spiro atoms. The van der Waals surface area contributed by atoms with Gasteiger partial charge in [0.2, 0.25) is 5.91 Å². The van der Waals surface area contributed by atoms with Gasteiger partial charge in [0.25, 0.3) is 10.0 Å². The second kappa shape index (κ2) is 7.55. The third-order valence-corrected chi connectivity index (χ3v) is 5.39. The fourth-order valence-electron chi connectivity index (χ4n) is 2.69. The van der Waals surface area contributed by atoms with Crippen LogP contribution in [0.1, 0.15) is 12.0 Å². The fourth-order valence-corrected chi connectivity index (χ4v) is 3.80. The van der Waals surface area contributed by atoms with Crippen molar-refractivity contribution in [3.63, 3.8) is 0 Å². The summed E-state index contributed by atoms with van der Waals surface area (Å²) in [5, 5.41) is 10.2. The SMILES string of the molecule is O=C(CCc1ccc2c(NS(=O)(=O)c3ccccc3)cccc2c1)NO. The molecule has 3 aromatic rings. The molecule has 0 fully saturated rings. The van der Waals surface area contributed by atoms with Crippen LogP contribution in [0.5, 0.6) is 0 Å². The summed E-state index contributed by atoms with van der Waals surface area (Å²) >= 11 is 0. The number of hydrogen-bond acceptors (Lipinski definition) is 4. The van der Waals surface area contributed by atoms with E-state index in [1.54, 1.807) is 35.8 Å². The van der Waals surface area contributed by atoms with Crippen molar-refractivity contribution in [1.82, 2.24) is 5.48 Å². The van der Waals surface area contributed by atoms with Crippen LogP contribution in [0.2, 0.25) is 0 Å². The molecule has 7 heteroatoms. The number of rotatable bonds is 6. The number of hydroxylamine groups is 1. The van der Waals surface area contributed by atoms with Crippen molar-refractivity contribution < 1.29 is 18.4 Å². The Morgan fingerprint density at radius 2 is 1.73 bits per heavy atom. The maximum atomic E-state index is 12.5. The summed E-state index contributed by atoms with van der Waals surface area (Å²) in [6.45, 7) is 0. The molecule has 0 aliphatic rings. The van der Waals surface area contributed by atoms with E-state index in [1.807, 2.05) is 24.3 Å². The number of anilines is 1. The van der Waals surface area contributed by atoms with E-state index in [0.29, 0.717) is 12.1 Å². The summed E-state index contributed by atoms with van der Waals surface area (Å²) in [5.41, 5.74) is 3.02. The second-order valence-corrected chi connectivity index (χ2v) is 7.50. The minimum atomic E-state index is -3.67. The van der Waals surface area contributed by atoms with Crippen LogP contribution < -0.4 is 10.2 Å². The standard InChI is InChI=1S/C19H18N2O4S/c22-19(20-23)12-10-14-9-11-17-15(13-14)5-4-8-18(17)21-26(24,25)16-6-2-1-3-7-16/h1-9,11,13,21,23H,10,12H2,(H,20,22). The van der Waals surface area contributed by atoms with Crippen LogP contribution in [0.3, 0.4) is 0 Å². The molecule has 0 radical (unpaired) electrons. The first-order valence-electron chi connectivity index (χ1n) is 8.02. The predicted octanol–water partition coefficient (Wildman–Crippen LogP) is 3.08. The van der Waals surface area contributed by atoms with E-state index in [4.69, 9.17) is 5.21 Å². The van der Waals surface area contributed by atoms with Gasteiger partial charge in [-0.2, -0.15) is 0 Å². The van der Waals surface area contributed by atoms with E-state index < -0.39 is 15.9 Å². The zero-order chi connectivity index (χ0) is 18.6. The summed E-state index contributed by atoms with van der Waals surface area (Å²) < 4.78 is 27.7. The zero-order valence-electron chi connectivity index (χ0n) is 13.8. The van der Waals surface area contributed by atoms with Crippen molar-refractivity contribution >= 4 is 32.4 Å². The van der Waals surface area contributed by atoms with Crippen LogP contribution in [0.4, 0.5) is 5.69 Å². The molecule has 3 N–H and O–H groups in total. The Hall–Kier alpha value is -2.90. The molecule has 0 aliphatic carbocycles. The number of nitrogens with one attached hydrogen (secondary N) is 2. The lowest BCUT2D eigenvalue weighted by molar-refractivity contribution is -0.129. The molecule has 6 nitrogen and oxygen atoms in total. The van der Waals surface area contributed by atoms with E-state index in [2.05, 4.69) is 4.72 Å². The number of hydrogen-bond donors (Lipinski definition) is 3. The van der Waals surface area contributed by atoms with Crippen LogP contribution in [0, 0.1) is 0 Å². The number of amides is 1. The monoisotopic (exact) mass is 370 g/mol. The summed E-state index contributed by atoms with van der Waals surface area (Å²) in [4.78, 5) is 11.4. The van der Waals surface area contributed by atoms with Gasteiger partial charge in [0.15, 0.2) is 0 Å². The molecule has 0 saturated carbocycles. The quantitative estimate of drug-likeness (QED) is 0.459. The molecule has 0 aliphatic heterocycles. The molecule has 1 amide bonds. The van der Waals surface area contributed by atoms with Gasteiger partial charge < -0.3 is 0 Å². The molecular formula is C19H18N2O4S. The average molecular weight is 370 g/mol. The van der Waals surface area contributed by atoms with Crippen LogP contribution >= 0.6 is 0 Å². The van der Waals surface area contributed by atoms with Gasteiger partial charge in [-0.1, -0.05) is 48.5 Å². The highest BCUT2D eigenvalue weighted by Crippen LogP contribution is 2.27. The number of sulfonamides is 1. The topological polar surface area (TPSA) is 95.5 Å². The summed E-state index contributed by atoms with van der Waals surface area (Å²) in [7, 11) is -3.67. The average Bonchev–Trinajstić information content (AvgIpc) is 2.66. The first kappa shape index (κ1) is 17.9. The Bertz CT molecular complexity index is 1030. The van der Waals surface area contributed by atoms with E-state index in [1.165, 1.54) is 12.1 Å². The highest BCUT2D eigenvalue weighted by molar-refractivity contribution is 7.92. The first-order valence-corrected chi connectivity index (χ1v) is 9.50. The lowest BCUT2D eigenvalue weighted by atomic mass is 10.0. The Morgan fingerprint density at radius 3 is 2.46 bits per heavy atom. The van der Waals surface area contributed by atoms with Crippen molar-refractivity contribution in [3.05, 3.63) is 72.3 Å². The normalized spacial score (nSPS) is 11.3. The largest absolute Gasteiger partial charge is 0.289 e. The maximum Gasteiger partial charge on any atom is 0.261 e. The highest BCUT2D eigenvalue weighted by atomic mass is 32.2.